The van der Waals surface area contributed by atoms with E-state index in [0.29, 0.717) is 5.56 Å². The molecule has 0 saturated heterocycles. The van der Waals surface area contributed by atoms with Gasteiger partial charge in [0.1, 0.15) is 0 Å². The number of rotatable bonds is 4. The summed E-state index contributed by atoms with van der Waals surface area (Å²) in [5, 5.41) is 2.82. The maximum Gasteiger partial charge on any atom is 0.252 e. The molecule has 1 rings (SSSR count). The van der Waals surface area contributed by atoms with Crippen molar-refractivity contribution in [1.82, 2.24) is 10.3 Å². The molecular formula is C12H20N2O. The number of hydrogen-bond donors (Lipinski definition) is 1. The van der Waals surface area contributed by atoms with Crippen molar-refractivity contribution >= 4 is 5.91 Å². The molecule has 1 aromatic heterocycles. The van der Waals surface area contributed by atoms with Crippen molar-refractivity contribution in [3.63, 3.8) is 0 Å². The molecule has 0 saturated carbocycles. The van der Waals surface area contributed by atoms with Crippen LogP contribution in [0.1, 0.15) is 44.0 Å². The Balaban J connectivity index is 0.000000921. The third-order valence-corrected chi connectivity index (χ3v) is 1.74. The summed E-state index contributed by atoms with van der Waals surface area (Å²) in [4.78, 5) is 15.2. The van der Waals surface area contributed by atoms with E-state index in [1.165, 1.54) is 0 Å². The first-order valence-electron chi connectivity index (χ1n) is 5.53. The van der Waals surface area contributed by atoms with Crippen LogP contribution in [-0.2, 0) is 0 Å². The highest BCUT2D eigenvalue weighted by atomic mass is 16.1. The number of nitrogens with zero attached hydrogens (tertiary/aromatic N) is 1. The Morgan fingerprint density at radius 2 is 2.20 bits per heavy atom. The molecule has 0 fully saturated rings. The first-order valence-corrected chi connectivity index (χ1v) is 5.53. The zero-order valence-electron chi connectivity index (χ0n) is 9.79. The second-order valence-electron chi connectivity index (χ2n) is 2.85. The minimum atomic E-state index is -0.0402. The van der Waals surface area contributed by atoms with Gasteiger partial charge in [-0.2, -0.15) is 0 Å². The lowest BCUT2D eigenvalue weighted by Gasteiger charge is -2.02. The second-order valence-corrected chi connectivity index (χ2v) is 2.85. The van der Waals surface area contributed by atoms with E-state index < -0.39 is 0 Å². The molecule has 0 radical (unpaired) electrons. The molecule has 0 atom stereocenters. The van der Waals surface area contributed by atoms with Crippen molar-refractivity contribution in [3.8, 4) is 0 Å². The predicted octanol–water partition coefficient (Wildman–Crippen LogP) is 2.64. The van der Waals surface area contributed by atoms with Gasteiger partial charge in [-0.05, 0) is 18.6 Å². The number of unbranched alkanes of at least 4 members (excludes halogenated alkanes) is 1. The SMILES string of the molecule is CC.CCCCNC(=O)c1cccnc1. The van der Waals surface area contributed by atoms with Gasteiger partial charge in [-0.25, -0.2) is 0 Å². The van der Waals surface area contributed by atoms with Gasteiger partial charge in [0, 0.05) is 18.9 Å². The van der Waals surface area contributed by atoms with Crippen LogP contribution in [0.2, 0.25) is 0 Å². The number of nitrogens with one attached hydrogen (secondary N) is 1. The van der Waals surface area contributed by atoms with Crippen LogP contribution in [0.4, 0.5) is 0 Å². The third kappa shape index (κ3) is 5.83. The molecule has 0 spiro atoms. The van der Waals surface area contributed by atoms with Crippen LogP contribution >= 0.6 is 0 Å². The van der Waals surface area contributed by atoms with Crippen molar-refractivity contribution < 1.29 is 4.79 Å². The van der Waals surface area contributed by atoms with Crippen molar-refractivity contribution in [2.24, 2.45) is 0 Å². The van der Waals surface area contributed by atoms with Crippen molar-refractivity contribution in [2.45, 2.75) is 33.6 Å². The summed E-state index contributed by atoms with van der Waals surface area (Å²) in [7, 11) is 0. The Kier molecular flexibility index (Phi) is 8.34. The van der Waals surface area contributed by atoms with Crippen LogP contribution in [-0.4, -0.2) is 17.4 Å². The number of carbonyl (C=O) groups excluding carboxylic acids is 1. The van der Waals surface area contributed by atoms with Crippen LogP contribution < -0.4 is 5.32 Å². The highest BCUT2D eigenvalue weighted by Gasteiger charge is 2.02. The largest absolute Gasteiger partial charge is 0.352 e. The van der Waals surface area contributed by atoms with Gasteiger partial charge in [0.15, 0.2) is 0 Å². The van der Waals surface area contributed by atoms with E-state index in [1.807, 2.05) is 13.8 Å². The fourth-order valence-electron chi connectivity index (χ4n) is 0.978. The summed E-state index contributed by atoms with van der Waals surface area (Å²) < 4.78 is 0. The minimum absolute atomic E-state index is 0.0402. The van der Waals surface area contributed by atoms with E-state index in [-0.39, 0.29) is 5.91 Å². The van der Waals surface area contributed by atoms with E-state index in [4.69, 9.17) is 0 Å². The molecule has 1 heterocycles. The van der Waals surface area contributed by atoms with Gasteiger partial charge in [0.05, 0.1) is 5.56 Å². The molecule has 84 valence electrons. The van der Waals surface area contributed by atoms with E-state index >= 15 is 0 Å². The fraction of sp³-hybridized carbons (Fsp3) is 0.500. The quantitative estimate of drug-likeness (QED) is 0.773. The average Bonchev–Trinajstić information content (AvgIpc) is 2.33. The summed E-state index contributed by atoms with van der Waals surface area (Å²) >= 11 is 0. The van der Waals surface area contributed by atoms with Crippen LogP contribution in [0.15, 0.2) is 24.5 Å². The Hall–Kier alpha value is -1.38. The molecule has 0 aliphatic carbocycles. The summed E-state index contributed by atoms with van der Waals surface area (Å²) in [6.07, 6.45) is 5.34. The molecule has 3 nitrogen and oxygen atoms in total. The van der Waals surface area contributed by atoms with Gasteiger partial charge in [-0.3, -0.25) is 9.78 Å². The Morgan fingerprint density at radius 1 is 1.47 bits per heavy atom. The summed E-state index contributed by atoms with van der Waals surface area (Å²) in [5.41, 5.74) is 0.624. The minimum Gasteiger partial charge on any atom is -0.352 e. The van der Waals surface area contributed by atoms with Gasteiger partial charge in [-0.15, -0.1) is 0 Å². The monoisotopic (exact) mass is 208 g/mol. The highest BCUT2D eigenvalue weighted by Crippen LogP contribution is 1.95. The number of hydrogen-bond acceptors (Lipinski definition) is 2. The van der Waals surface area contributed by atoms with Gasteiger partial charge in [0.2, 0.25) is 0 Å². The van der Waals surface area contributed by atoms with Crippen LogP contribution in [0.5, 0.6) is 0 Å². The zero-order valence-corrected chi connectivity index (χ0v) is 9.79. The zero-order chi connectivity index (χ0) is 11.5. The lowest BCUT2D eigenvalue weighted by molar-refractivity contribution is 0.0953. The van der Waals surface area contributed by atoms with Crippen LogP contribution in [0, 0.1) is 0 Å². The number of aromatic nitrogens is 1. The van der Waals surface area contributed by atoms with E-state index in [2.05, 4.69) is 17.2 Å². The molecule has 0 aromatic carbocycles. The first kappa shape index (κ1) is 13.6. The summed E-state index contributed by atoms with van der Waals surface area (Å²) in [6.45, 7) is 6.83. The molecule has 15 heavy (non-hydrogen) atoms. The van der Waals surface area contributed by atoms with E-state index in [9.17, 15) is 4.79 Å². The van der Waals surface area contributed by atoms with Crippen molar-refractivity contribution in [1.29, 1.82) is 0 Å². The molecule has 0 bridgehead atoms. The normalized spacial score (nSPS) is 8.73. The average molecular weight is 208 g/mol. The summed E-state index contributed by atoms with van der Waals surface area (Å²) in [6, 6.07) is 3.52. The highest BCUT2D eigenvalue weighted by molar-refractivity contribution is 5.93. The maximum absolute atomic E-state index is 11.4. The topological polar surface area (TPSA) is 42.0 Å². The molecule has 0 aliphatic heterocycles. The maximum atomic E-state index is 11.4. The lowest BCUT2D eigenvalue weighted by Crippen LogP contribution is -2.24. The Morgan fingerprint density at radius 3 is 2.73 bits per heavy atom. The lowest BCUT2D eigenvalue weighted by atomic mass is 10.2. The smallest absolute Gasteiger partial charge is 0.252 e. The van der Waals surface area contributed by atoms with Crippen LogP contribution in [0.25, 0.3) is 0 Å². The fourth-order valence-corrected chi connectivity index (χ4v) is 0.978. The molecule has 1 N–H and O–H groups in total. The van der Waals surface area contributed by atoms with Crippen molar-refractivity contribution in [2.75, 3.05) is 6.54 Å². The van der Waals surface area contributed by atoms with E-state index in [1.54, 1.807) is 24.5 Å². The number of pyridine rings is 1. The third-order valence-electron chi connectivity index (χ3n) is 1.74. The Bertz CT molecular complexity index is 260. The van der Waals surface area contributed by atoms with Crippen LogP contribution in [0.3, 0.4) is 0 Å². The van der Waals surface area contributed by atoms with Crippen molar-refractivity contribution in [3.05, 3.63) is 30.1 Å². The Labute approximate surface area is 91.9 Å². The van der Waals surface area contributed by atoms with Gasteiger partial charge < -0.3 is 5.32 Å². The number of carbonyl (C=O) groups is 1. The second kappa shape index (κ2) is 9.19. The van der Waals surface area contributed by atoms with Gasteiger partial charge >= 0.3 is 0 Å². The first-order chi connectivity index (χ1) is 7.34. The van der Waals surface area contributed by atoms with Gasteiger partial charge in [0.25, 0.3) is 5.91 Å². The van der Waals surface area contributed by atoms with Gasteiger partial charge in [-0.1, -0.05) is 27.2 Å². The molecule has 0 aliphatic rings. The molecule has 3 heteroatoms. The predicted molar refractivity (Wildman–Crippen MR) is 62.8 cm³/mol. The van der Waals surface area contributed by atoms with E-state index in [0.717, 1.165) is 19.4 Å². The molecule has 1 amide bonds. The molecule has 0 unspecified atom stereocenters. The summed E-state index contributed by atoms with van der Waals surface area (Å²) in [5.74, 6) is -0.0402. The number of amides is 1. The molecular weight excluding hydrogens is 188 g/mol. The molecule has 1 aromatic rings. The standard InChI is InChI=1S/C10H14N2O.C2H6/c1-2-3-7-12-10(13)9-5-4-6-11-8-9;1-2/h4-6,8H,2-3,7H2,1H3,(H,12,13);1-2H3.